The lowest BCUT2D eigenvalue weighted by Gasteiger charge is -2.19. The molecule has 1 aromatic carbocycles. The van der Waals surface area contributed by atoms with Crippen LogP contribution in [0.1, 0.15) is 35.4 Å². The molecule has 0 bridgehead atoms. The van der Waals surface area contributed by atoms with Gasteiger partial charge in [0.15, 0.2) is 0 Å². The summed E-state index contributed by atoms with van der Waals surface area (Å²) < 4.78 is 2.59. The Kier molecular flexibility index (Phi) is 3.87. The molecule has 0 saturated heterocycles. The fraction of sp³-hybridized carbons (Fsp3) is 0.214. The van der Waals surface area contributed by atoms with Crippen molar-refractivity contribution in [1.29, 1.82) is 0 Å². The SMILES string of the molecule is CCC(c1ccccc1)n1cc(Br)cc1C(=O)O. The van der Waals surface area contributed by atoms with E-state index in [0.717, 1.165) is 16.5 Å². The third kappa shape index (κ3) is 2.48. The standard InChI is InChI=1S/C14H14BrNO2/c1-2-12(10-6-4-3-5-7-10)16-9-11(15)8-13(16)14(17)18/h3-9,12H,2H2,1H3,(H,17,18). The van der Waals surface area contributed by atoms with E-state index < -0.39 is 5.97 Å². The summed E-state index contributed by atoms with van der Waals surface area (Å²) in [5.74, 6) is -0.907. The van der Waals surface area contributed by atoms with Gasteiger partial charge >= 0.3 is 5.97 Å². The molecule has 1 N–H and O–H groups in total. The second-order valence-corrected chi connectivity index (χ2v) is 5.01. The number of halogens is 1. The maximum absolute atomic E-state index is 11.2. The van der Waals surface area contributed by atoms with Crippen LogP contribution in [0.5, 0.6) is 0 Å². The van der Waals surface area contributed by atoms with Crippen LogP contribution in [0.15, 0.2) is 47.1 Å². The van der Waals surface area contributed by atoms with Gasteiger partial charge in [0.2, 0.25) is 0 Å². The highest BCUT2D eigenvalue weighted by atomic mass is 79.9. The van der Waals surface area contributed by atoms with Crippen LogP contribution in [0, 0.1) is 0 Å². The van der Waals surface area contributed by atoms with Crippen LogP contribution in [-0.2, 0) is 0 Å². The van der Waals surface area contributed by atoms with E-state index in [1.165, 1.54) is 0 Å². The molecule has 1 aromatic heterocycles. The molecule has 0 aliphatic rings. The Bertz CT molecular complexity index is 548. The predicted molar refractivity (Wildman–Crippen MR) is 74.0 cm³/mol. The van der Waals surface area contributed by atoms with Gasteiger partial charge in [-0.05, 0) is 34.0 Å². The molecule has 4 heteroatoms. The topological polar surface area (TPSA) is 42.2 Å². The number of carbonyl (C=O) groups is 1. The van der Waals surface area contributed by atoms with E-state index in [0.29, 0.717) is 5.69 Å². The summed E-state index contributed by atoms with van der Waals surface area (Å²) in [6.45, 7) is 2.05. The number of carboxylic acids is 1. The largest absolute Gasteiger partial charge is 0.477 e. The van der Waals surface area contributed by atoms with Crippen LogP contribution >= 0.6 is 15.9 Å². The van der Waals surface area contributed by atoms with Crippen molar-refractivity contribution in [3.05, 3.63) is 58.3 Å². The van der Waals surface area contributed by atoms with E-state index >= 15 is 0 Å². The third-order valence-corrected chi connectivity index (χ3v) is 3.37. The van der Waals surface area contributed by atoms with E-state index in [1.54, 1.807) is 6.07 Å². The van der Waals surface area contributed by atoms with Gasteiger partial charge in [0.1, 0.15) is 5.69 Å². The van der Waals surface area contributed by atoms with Gasteiger partial charge < -0.3 is 9.67 Å². The molecule has 18 heavy (non-hydrogen) atoms. The van der Waals surface area contributed by atoms with Crippen LogP contribution in [0.3, 0.4) is 0 Å². The first-order valence-electron chi connectivity index (χ1n) is 5.79. The average molecular weight is 308 g/mol. The van der Waals surface area contributed by atoms with Gasteiger partial charge in [0, 0.05) is 10.7 Å². The maximum Gasteiger partial charge on any atom is 0.352 e. The van der Waals surface area contributed by atoms with Crippen molar-refractivity contribution >= 4 is 21.9 Å². The lowest BCUT2D eigenvalue weighted by molar-refractivity contribution is 0.0683. The van der Waals surface area contributed by atoms with E-state index in [2.05, 4.69) is 22.9 Å². The molecule has 1 heterocycles. The van der Waals surface area contributed by atoms with Crippen LogP contribution in [-0.4, -0.2) is 15.6 Å². The molecule has 0 saturated carbocycles. The number of carboxylic acid groups (broad SMARTS) is 1. The minimum Gasteiger partial charge on any atom is -0.477 e. The molecule has 1 atom stereocenters. The van der Waals surface area contributed by atoms with Crippen molar-refractivity contribution in [1.82, 2.24) is 4.57 Å². The number of nitrogens with zero attached hydrogens (tertiary/aromatic N) is 1. The van der Waals surface area contributed by atoms with Crippen molar-refractivity contribution in [2.45, 2.75) is 19.4 Å². The zero-order chi connectivity index (χ0) is 13.1. The molecular formula is C14H14BrNO2. The number of hydrogen-bond donors (Lipinski definition) is 1. The Morgan fingerprint density at radius 3 is 2.61 bits per heavy atom. The van der Waals surface area contributed by atoms with Crippen molar-refractivity contribution in [3.63, 3.8) is 0 Å². The summed E-state index contributed by atoms with van der Waals surface area (Å²) in [6.07, 6.45) is 2.66. The lowest BCUT2D eigenvalue weighted by atomic mass is 10.0. The predicted octanol–water partition coefficient (Wildman–Crippen LogP) is 3.95. The maximum atomic E-state index is 11.2. The number of aromatic nitrogens is 1. The van der Waals surface area contributed by atoms with Crippen LogP contribution in [0.25, 0.3) is 0 Å². The zero-order valence-electron chi connectivity index (χ0n) is 10.0. The number of benzene rings is 1. The summed E-state index contributed by atoms with van der Waals surface area (Å²) in [4.78, 5) is 11.2. The highest BCUT2D eigenvalue weighted by molar-refractivity contribution is 9.10. The Balaban J connectivity index is 2.48. The fourth-order valence-corrected chi connectivity index (χ4v) is 2.58. The van der Waals surface area contributed by atoms with Gasteiger partial charge in [0.25, 0.3) is 0 Å². The molecular weight excluding hydrogens is 294 g/mol. The normalized spacial score (nSPS) is 12.3. The van der Waals surface area contributed by atoms with Crippen LogP contribution < -0.4 is 0 Å². The van der Waals surface area contributed by atoms with Crippen molar-refractivity contribution in [2.75, 3.05) is 0 Å². The number of hydrogen-bond acceptors (Lipinski definition) is 1. The zero-order valence-corrected chi connectivity index (χ0v) is 11.6. The summed E-state index contributed by atoms with van der Waals surface area (Å²) >= 11 is 3.34. The molecule has 0 amide bonds. The molecule has 94 valence electrons. The molecule has 3 nitrogen and oxygen atoms in total. The minimum atomic E-state index is -0.907. The van der Waals surface area contributed by atoms with Crippen LogP contribution in [0.4, 0.5) is 0 Å². The summed E-state index contributed by atoms with van der Waals surface area (Å²) in [6, 6.07) is 11.6. The summed E-state index contributed by atoms with van der Waals surface area (Å²) in [5.41, 5.74) is 1.42. The van der Waals surface area contributed by atoms with E-state index in [9.17, 15) is 9.90 Å². The molecule has 0 aliphatic carbocycles. The molecule has 2 rings (SSSR count). The Morgan fingerprint density at radius 1 is 1.39 bits per heavy atom. The fourth-order valence-electron chi connectivity index (χ4n) is 2.14. The van der Waals surface area contributed by atoms with Crippen molar-refractivity contribution < 1.29 is 9.90 Å². The lowest BCUT2D eigenvalue weighted by Crippen LogP contribution is -2.14. The van der Waals surface area contributed by atoms with Gasteiger partial charge in [-0.25, -0.2) is 4.79 Å². The van der Waals surface area contributed by atoms with Crippen molar-refractivity contribution in [3.8, 4) is 0 Å². The van der Waals surface area contributed by atoms with Gasteiger partial charge in [-0.15, -0.1) is 0 Å². The first kappa shape index (κ1) is 12.9. The quantitative estimate of drug-likeness (QED) is 0.929. The second kappa shape index (κ2) is 5.40. The Labute approximate surface area is 114 Å². The van der Waals surface area contributed by atoms with Gasteiger partial charge in [-0.1, -0.05) is 37.3 Å². The third-order valence-electron chi connectivity index (χ3n) is 2.94. The molecule has 2 aromatic rings. The van der Waals surface area contributed by atoms with E-state index in [4.69, 9.17) is 0 Å². The Morgan fingerprint density at radius 2 is 2.06 bits per heavy atom. The van der Waals surface area contributed by atoms with Crippen molar-refractivity contribution in [2.24, 2.45) is 0 Å². The minimum absolute atomic E-state index is 0.0450. The molecule has 0 spiro atoms. The molecule has 1 unspecified atom stereocenters. The molecule has 0 fully saturated rings. The second-order valence-electron chi connectivity index (χ2n) is 4.09. The molecule has 0 radical (unpaired) electrons. The summed E-state index contributed by atoms with van der Waals surface area (Å²) in [7, 11) is 0. The smallest absolute Gasteiger partial charge is 0.352 e. The first-order chi connectivity index (χ1) is 8.63. The monoisotopic (exact) mass is 307 g/mol. The number of aromatic carboxylic acids is 1. The van der Waals surface area contributed by atoms with Gasteiger partial charge in [-0.3, -0.25) is 0 Å². The summed E-state index contributed by atoms with van der Waals surface area (Å²) in [5, 5.41) is 9.23. The molecule has 0 aliphatic heterocycles. The van der Waals surface area contributed by atoms with Gasteiger partial charge in [0.05, 0.1) is 6.04 Å². The van der Waals surface area contributed by atoms with E-state index in [1.807, 2.05) is 41.1 Å². The Hall–Kier alpha value is -1.55. The first-order valence-corrected chi connectivity index (χ1v) is 6.58. The van der Waals surface area contributed by atoms with Crippen LogP contribution in [0.2, 0.25) is 0 Å². The average Bonchev–Trinajstić information content (AvgIpc) is 2.74. The van der Waals surface area contributed by atoms with E-state index in [-0.39, 0.29) is 6.04 Å². The highest BCUT2D eigenvalue weighted by Gasteiger charge is 2.19. The van der Waals surface area contributed by atoms with Gasteiger partial charge in [-0.2, -0.15) is 0 Å². The highest BCUT2D eigenvalue weighted by Crippen LogP contribution is 2.27. The number of rotatable bonds is 4.